The molecule has 1 aromatic heterocycles. The summed E-state index contributed by atoms with van der Waals surface area (Å²) in [5.74, 6) is 0.262. The highest BCUT2D eigenvalue weighted by Crippen LogP contribution is 2.21. The standard InChI is InChI=1S/C22H26N4O4S/c1-3-14-30-21-10-8-20(9-11-21)26(31(2,28)29)16-22(27)24-15-18-4-6-19(7-5-18)25-13-12-23-17-25/h4-13,17H,3,14-16H2,1-2H3,(H,24,27). The Kier molecular flexibility index (Phi) is 7.30. The van der Waals surface area contributed by atoms with E-state index in [1.165, 1.54) is 0 Å². The van der Waals surface area contributed by atoms with E-state index >= 15 is 0 Å². The highest BCUT2D eigenvalue weighted by atomic mass is 32.2. The van der Waals surface area contributed by atoms with Gasteiger partial charge in [0, 0.05) is 24.6 Å². The van der Waals surface area contributed by atoms with E-state index < -0.39 is 15.9 Å². The zero-order valence-corrected chi connectivity index (χ0v) is 18.4. The Morgan fingerprint density at radius 3 is 2.42 bits per heavy atom. The maximum Gasteiger partial charge on any atom is 0.241 e. The van der Waals surface area contributed by atoms with Gasteiger partial charge in [-0.15, -0.1) is 0 Å². The molecule has 0 atom stereocenters. The first-order valence-corrected chi connectivity index (χ1v) is 11.8. The molecule has 31 heavy (non-hydrogen) atoms. The van der Waals surface area contributed by atoms with Crippen molar-refractivity contribution >= 4 is 21.6 Å². The first-order chi connectivity index (χ1) is 14.9. The summed E-state index contributed by atoms with van der Waals surface area (Å²) in [6.07, 6.45) is 7.21. The number of hydrogen-bond acceptors (Lipinski definition) is 5. The van der Waals surface area contributed by atoms with E-state index in [0.717, 1.165) is 28.2 Å². The van der Waals surface area contributed by atoms with Gasteiger partial charge in [-0.25, -0.2) is 13.4 Å². The van der Waals surface area contributed by atoms with E-state index in [1.54, 1.807) is 36.8 Å². The second-order valence-corrected chi connectivity index (χ2v) is 8.93. The zero-order valence-electron chi connectivity index (χ0n) is 17.6. The number of aromatic nitrogens is 2. The summed E-state index contributed by atoms with van der Waals surface area (Å²) in [6.45, 7) is 2.58. The molecule has 0 aliphatic rings. The van der Waals surface area contributed by atoms with Crippen molar-refractivity contribution in [1.29, 1.82) is 0 Å². The van der Waals surface area contributed by atoms with Crippen LogP contribution in [0, 0.1) is 0 Å². The van der Waals surface area contributed by atoms with Gasteiger partial charge in [-0.05, 0) is 48.4 Å². The molecule has 3 rings (SSSR count). The average Bonchev–Trinajstić information content (AvgIpc) is 3.29. The van der Waals surface area contributed by atoms with Gasteiger partial charge in [0.2, 0.25) is 15.9 Å². The predicted octanol–water partition coefficient (Wildman–Crippen LogP) is 2.74. The molecule has 0 bridgehead atoms. The Morgan fingerprint density at radius 2 is 1.84 bits per heavy atom. The Hall–Kier alpha value is -3.33. The van der Waals surface area contributed by atoms with Gasteiger partial charge < -0.3 is 14.6 Å². The fourth-order valence-corrected chi connectivity index (χ4v) is 3.77. The molecule has 0 saturated heterocycles. The minimum Gasteiger partial charge on any atom is -0.494 e. The van der Waals surface area contributed by atoms with Crippen LogP contribution in [-0.4, -0.2) is 43.3 Å². The highest BCUT2D eigenvalue weighted by molar-refractivity contribution is 7.92. The lowest BCUT2D eigenvalue weighted by Crippen LogP contribution is -2.40. The topological polar surface area (TPSA) is 93.5 Å². The summed E-state index contributed by atoms with van der Waals surface area (Å²) in [5, 5.41) is 2.78. The lowest BCUT2D eigenvalue weighted by atomic mass is 10.2. The number of imidazole rings is 1. The van der Waals surface area contributed by atoms with Gasteiger partial charge in [0.05, 0.1) is 24.9 Å². The SMILES string of the molecule is CCCOc1ccc(N(CC(=O)NCc2ccc(-n3ccnc3)cc2)S(C)(=O)=O)cc1. The van der Waals surface area contributed by atoms with Crippen molar-refractivity contribution < 1.29 is 17.9 Å². The lowest BCUT2D eigenvalue weighted by molar-refractivity contribution is -0.119. The van der Waals surface area contributed by atoms with Crippen molar-refractivity contribution in [2.24, 2.45) is 0 Å². The molecule has 164 valence electrons. The van der Waals surface area contributed by atoms with Gasteiger partial charge >= 0.3 is 0 Å². The van der Waals surface area contributed by atoms with Crippen LogP contribution >= 0.6 is 0 Å². The molecular formula is C22H26N4O4S. The Morgan fingerprint density at radius 1 is 1.13 bits per heavy atom. The quantitative estimate of drug-likeness (QED) is 0.521. The molecular weight excluding hydrogens is 416 g/mol. The summed E-state index contributed by atoms with van der Waals surface area (Å²) in [6, 6.07) is 14.3. The molecule has 0 fully saturated rings. The van der Waals surface area contributed by atoms with Gasteiger partial charge in [0.25, 0.3) is 0 Å². The first kappa shape index (κ1) is 22.4. The number of rotatable bonds is 10. The van der Waals surface area contributed by atoms with Crippen LogP contribution < -0.4 is 14.4 Å². The number of ether oxygens (including phenoxy) is 1. The monoisotopic (exact) mass is 442 g/mol. The largest absolute Gasteiger partial charge is 0.494 e. The third kappa shape index (κ3) is 6.32. The molecule has 9 heteroatoms. The smallest absolute Gasteiger partial charge is 0.241 e. The van der Waals surface area contributed by atoms with Crippen LogP contribution in [0.5, 0.6) is 5.75 Å². The summed E-state index contributed by atoms with van der Waals surface area (Å²) in [7, 11) is -3.63. The molecule has 2 aromatic carbocycles. The van der Waals surface area contributed by atoms with E-state index in [2.05, 4.69) is 10.3 Å². The molecule has 0 radical (unpaired) electrons. The maximum atomic E-state index is 12.5. The fourth-order valence-electron chi connectivity index (χ4n) is 2.91. The van der Waals surface area contributed by atoms with Crippen molar-refractivity contribution in [3.8, 4) is 11.4 Å². The van der Waals surface area contributed by atoms with Crippen molar-refractivity contribution in [2.75, 3.05) is 23.7 Å². The molecule has 0 spiro atoms. The average molecular weight is 443 g/mol. The van der Waals surface area contributed by atoms with E-state index in [-0.39, 0.29) is 6.54 Å². The molecule has 1 amide bonds. The Balaban J connectivity index is 1.61. The maximum absolute atomic E-state index is 12.5. The number of anilines is 1. The van der Waals surface area contributed by atoms with Crippen LogP contribution in [0.2, 0.25) is 0 Å². The van der Waals surface area contributed by atoms with Crippen molar-refractivity contribution in [3.05, 3.63) is 72.8 Å². The summed E-state index contributed by atoms with van der Waals surface area (Å²) in [4.78, 5) is 16.5. The number of sulfonamides is 1. The third-order valence-corrected chi connectivity index (χ3v) is 5.65. The number of hydrogen-bond donors (Lipinski definition) is 1. The zero-order chi connectivity index (χ0) is 22.3. The highest BCUT2D eigenvalue weighted by Gasteiger charge is 2.20. The Bertz CT molecular complexity index is 1080. The molecule has 3 aromatic rings. The molecule has 1 heterocycles. The van der Waals surface area contributed by atoms with Gasteiger partial charge in [-0.2, -0.15) is 0 Å². The second-order valence-electron chi connectivity index (χ2n) is 7.03. The van der Waals surface area contributed by atoms with Crippen LogP contribution in [0.1, 0.15) is 18.9 Å². The normalized spacial score (nSPS) is 11.2. The van der Waals surface area contributed by atoms with Crippen LogP contribution in [-0.2, 0) is 21.4 Å². The van der Waals surface area contributed by atoms with E-state index in [1.807, 2.05) is 42.0 Å². The van der Waals surface area contributed by atoms with Crippen LogP contribution in [0.4, 0.5) is 5.69 Å². The summed E-state index contributed by atoms with van der Waals surface area (Å²) >= 11 is 0. The van der Waals surface area contributed by atoms with E-state index in [9.17, 15) is 13.2 Å². The number of benzene rings is 2. The lowest BCUT2D eigenvalue weighted by Gasteiger charge is -2.22. The number of nitrogens with one attached hydrogen (secondary N) is 1. The minimum absolute atomic E-state index is 0.296. The molecule has 0 aliphatic heterocycles. The van der Waals surface area contributed by atoms with Crippen molar-refractivity contribution in [3.63, 3.8) is 0 Å². The van der Waals surface area contributed by atoms with Crippen LogP contribution in [0.15, 0.2) is 67.3 Å². The third-order valence-electron chi connectivity index (χ3n) is 4.51. The van der Waals surface area contributed by atoms with E-state index in [0.29, 0.717) is 24.6 Å². The molecule has 0 aliphatic carbocycles. The fraction of sp³-hybridized carbons (Fsp3) is 0.273. The molecule has 0 unspecified atom stereocenters. The van der Waals surface area contributed by atoms with Crippen LogP contribution in [0.25, 0.3) is 5.69 Å². The molecule has 8 nitrogen and oxygen atoms in total. The van der Waals surface area contributed by atoms with Crippen LogP contribution in [0.3, 0.4) is 0 Å². The molecule has 1 N–H and O–H groups in total. The second kappa shape index (κ2) is 10.1. The van der Waals surface area contributed by atoms with Crippen molar-refractivity contribution in [1.82, 2.24) is 14.9 Å². The van der Waals surface area contributed by atoms with Gasteiger partial charge in [0.15, 0.2) is 0 Å². The summed E-state index contributed by atoms with van der Waals surface area (Å²) in [5.41, 5.74) is 2.27. The van der Waals surface area contributed by atoms with Gasteiger partial charge in [0.1, 0.15) is 12.3 Å². The predicted molar refractivity (Wildman–Crippen MR) is 120 cm³/mol. The number of carbonyl (C=O) groups excluding carboxylic acids is 1. The first-order valence-electron chi connectivity index (χ1n) is 9.91. The van der Waals surface area contributed by atoms with Gasteiger partial charge in [-0.3, -0.25) is 9.10 Å². The molecule has 0 saturated carbocycles. The summed E-state index contributed by atoms with van der Waals surface area (Å²) < 4.78 is 33.0. The number of amides is 1. The van der Waals surface area contributed by atoms with E-state index in [4.69, 9.17) is 4.74 Å². The Labute approximate surface area is 182 Å². The number of carbonyl (C=O) groups is 1. The van der Waals surface area contributed by atoms with Crippen molar-refractivity contribution in [2.45, 2.75) is 19.9 Å². The number of nitrogens with zero attached hydrogens (tertiary/aromatic N) is 3. The van der Waals surface area contributed by atoms with Gasteiger partial charge in [-0.1, -0.05) is 19.1 Å². The minimum atomic E-state index is -3.63.